The molecule has 18 heavy (non-hydrogen) atoms. The van der Waals surface area contributed by atoms with Crippen LogP contribution in [0.25, 0.3) is 0 Å². The van der Waals surface area contributed by atoms with Crippen LogP contribution in [0, 0.1) is 5.82 Å². The number of hydrogen-bond donors (Lipinski definition) is 2. The van der Waals surface area contributed by atoms with Crippen LogP contribution in [0.5, 0.6) is 0 Å². The first-order valence-corrected chi connectivity index (χ1v) is 6.11. The number of aryl methyl sites for hydroxylation is 1. The number of carbonyl (C=O) groups is 2. The van der Waals surface area contributed by atoms with Gasteiger partial charge in [0.1, 0.15) is 5.82 Å². The second-order valence-corrected chi connectivity index (χ2v) is 4.40. The Balaban J connectivity index is 2.24. The summed E-state index contributed by atoms with van der Waals surface area (Å²) in [5.74, 6) is -0.791. The molecule has 2 rings (SSSR count). The monoisotopic (exact) mass is 270 g/mol. The molecule has 96 valence electrons. The van der Waals surface area contributed by atoms with Crippen LogP contribution in [0.3, 0.4) is 0 Å². The highest BCUT2D eigenvalue weighted by Crippen LogP contribution is 2.28. The summed E-state index contributed by atoms with van der Waals surface area (Å²) < 4.78 is 13.7. The lowest BCUT2D eigenvalue weighted by molar-refractivity contribution is -0.116. The lowest BCUT2D eigenvalue weighted by Gasteiger charge is -2.18. The summed E-state index contributed by atoms with van der Waals surface area (Å²) in [6.45, 7) is 0. The van der Waals surface area contributed by atoms with E-state index in [1.165, 1.54) is 12.1 Å². The van der Waals surface area contributed by atoms with Crippen LogP contribution in [-0.2, 0) is 16.0 Å². The molecule has 0 bridgehead atoms. The largest absolute Gasteiger partial charge is 0.326 e. The molecule has 0 radical (unpaired) electrons. The molecule has 0 unspecified atom stereocenters. The maximum absolute atomic E-state index is 13.7. The molecule has 6 heteroatoms. The van der Waals surface area contributed by atoms with E-state index >= 15 is 0 Å². The Labute approximate surface area is 109 Å². The molecular formula is C12H12ClFN2O2. The van der Waals surface area contributed by atoms with Gasteiger partial charge in [0.05, 0.1) is 5.69 Å². The van der Waals surface area contributed by atoms with Gasteiger partial charge in [-0.1, -0.05) is 0 Å². The molecule has 1 aromatic rings. The highest BCUT2D eigenvalue weighted by atomic mass is 35.5. The van der Waals surface area contributed by atoms with Gasteiger partial charge in [-0.3, -0.25) is 9.59 Å². The van der Waals surface area contributed by atoms with Crippen molar-refractivity contribution in [3.8, 4) is 0 Å². The average molecular weight is 271 g/mol. The van der Waals surface area contributed by atoms with Gasteiger partial charge >= 0.3 is 0 Å². The third-order valence-electron chi connectivity index (χ3n) is 2.68. The third-order valence-corrected chi connectivity index (χ3v) is 2.87. The highest BCUT2D eigenvalue weighted by molar-refractivity contribution is 6.19. The van der Waals surface area contributed by atoms with Crippen molar-refractivity contribution in [3.05, 3.63) is 23.5 Å². The van der Waals surface area contributed by atoms with Gasteiger partial charge in [-0.05, 0) is 24.1 Å². The molecule has 0 aromatic heterocycles. The molecule has 0 saturated carbocycles. The normalized spacial score (nSPS) is 13.8. The van der Waals surface area contributed by atoms with Gasteiger partial charge < -0.3 is 10.6 Å². The van der Waals surface area contributed by atoms with Gasteiger partial charge in [-0.15, -0.1) is 11.6 Å². The first kappa shape index (κ1) is 12.8. The van der Waals surface area contributed by atoms with Gasteiger partial charge in [0.25, 0.3) is 0 Å². The lowest BCUT2D eigenvalue weighted by Crippen LogP contribution is -2.20. The van der Waals surface area contributed by atoms with Gasteiger partial charge in [-0.25, -0.2) is 4.39 Å². The first-order valence-electron chi connectivity index (χ1n) is 5.58. The quantitative estimate of drug-likeness (QED) is 0.828. The van der Waals surface area contributed by atoms with E-state index in [1.807, 2.05) is 0 Å². The summed E-state index contributed by atoms with van der Waals surface area (Å²) in [6.07, 6.45) is 0.975. The average Bonchev–Trinajstić information content (AvgIpc) is 2.31. The summed E-state index contributed by atoms with van der Waals surface area (Å²) in [5, 5.41) is 5.08. The predicted octanol–water partition coefficient (Wildman–Crippen LogP) is 2.28. The van der Waals surface area contributed by atoms with Crippen molar-refractivity contribution in [2.45, 2.75) is 19.3 Å². The van der Waals surface area contributed by atoms with Crippen molar-refractivity contribution in [3.63, 3.8) is 0 Å². The molecule has 1 heterocycles. The van der Waals surface area contributed by atoms with E-state index in [0.29, 0.717) is 18.5 Å². The Morgan fingerprint density at radius 2 is 2.22 bits per heavy atom. The van der Waals surface area contributed by atoms with Crippen LogP contribution < -0.4 is 10.6 Å². The summed E-state index contributed by atoms with van der Waals surface area (Å²) in [4.78, 5) is 22.6. The molecule has 1 aromatic carbocycles. The van der Waals surface area contributed by atoms with Crippen molar-refractivity contribution in [2.75, 3.05) is 16.5 Å². The Kier molecular flexibility index (Phi) is 3.81. The minimum Gasteiger partial charge on any atom is -0.326 e. The van der Waals surface area contributed by atoms with E-state index in [-0.39, 0.29) is 29.8 Å². The third kappa shape index (κ3) is 2.79. The zero-order chi connectivity index (χ0) is 13.1. The minimum atomic E-state index is -0.507. The van der Waals surface area contributed by atoms with E-state index in [1.54, 1.807) is 0 Å². The van der Waals surface area contributed by atoms with Crippen molar-refractivity contribution in [1.82, 2.24) is 0 Å². The second-order valence-electron chi connectivity index (χ2n) is 4.02. The van der Waals surface area contributed by atoms with Crippen LogP contribution in [0.2, 0.25) is 0 Å². The summed E-state index contributed by atoms with van der Waals surface area (Å²) in [5.41, 5.74) is 1.35. The maximum Gasteiger partial charge on any atom is 0.225 e. The van der Waals surface area contributed by atoms with Gasteiger partial charge in [-0.2, -0.15) is 0 Å². The lowest BCUT2D eigenvalue weighted by atomic mass is 10.0. The number of nitrogens with one attached hydrogen (secondary N) is 2. The van der Waals surface area contributed by atoms with Gasteiger partial charge in [0.2, 0.25) is 11.8 Å². The fourth-order valence-corrected chi connectivity index (χ4v) is 1.96. The van der Waals surface area contributed by atoms with E-state index in [4.69, 9.17) is 11.6 Å². The zero-order valence-electron chi connectivity index (χ0n) is 9.56. The molecule has 2 amide bonds. The molecule has 0 spiro atoms. The number of anilines is 2. The van der Waals surface area contributed by atoms with Crippen LogP contribution in [-0.4, -0.2) is 17.7 Å². The number of rotatable bonds is 3. The van der Waals surface area contributed by atoms with Crippen molar-refractivity contribution < 1.29 is 14.0 Å². The number of alkyl halides is 1. The molecule has 2 N–H and O–H groups in total. The maximum atomic E-state index is 13.7. The number of amides is 2. The van der Waals surface area contributed by atoms with Crippen molar-refractivity contribution >= 4 is 34.8 Å². The zero-order valence-corrected chi connectivity index (χ0v) is 10.3. The number of halogens is 2. The Morgan fingerprint density at radius 1 is 1.44 bits per heavy atom. The summed E-state index contributed by atoms with van der Waals surface area (Å²) in [7, 11) is 0. The highest BCUT2D eigenvalue weighted by Gasteiger charge is 2.18. The number of carbonyl (C=O) groups excluding carboxylic acids is 2. The topological polar surface area (TPSA) is 58.2 Å². The molecule has 1 aliphatic heterocycles. The Morgan fingerprint density at radius 3 is 2.94 bits per heavy atom. The molecule has 0 fully saturated rings. The number of fused-ring (bicyclic) bond motifs is 1. The van der Waals surface area contributed by atoms with Crippen LogP contribution in [0.15, 0.2) is 12.1 Å². The van der Waals surface area contributed by atoms with E-state index in [2.05, 4.69) is 10.6 Å². The fraction of sp³-hybridized carbons (Fsp3) is 0.333. The molecule has 0 aliphatic carbocycles. The fourth-order valence-electron chi connectivity index (χ4n) is 1.79. The van der Waals surface area contributed by atoms with Crippen molar-refractivity contribution in [2.24, 2.45) is 0 Å². The van der Waals surface area contributed by atoms with Gasteiger partial charge in [0.15, 0.2) is 0 Å². The van der Waals surface area contributed by atoms with E-state index in [9.17, 15) is 14.0 Å². The SMILES string of the molecule is O=C(CCCl)Nc1cc2c(cc1F)CCC(=O)N2. The Hall–Kier alpha value is -1.62. The van der Waals surface area contributed by atoms with Crippen LogP contribution in [0.4, 0.5) is 15.8 Å². The predicted molar refractivity (Wildman–Crippen MR) is 67.3 cm³/mol. The molecular weight excluding hydrogens is 259 g/mol. The number of benzene rings is 1. The minimum absolute atomic E-state index is 0.0612. The van der Waals surface area contributed by atoms with Gasteiger partial charge in [0, 0.05) is 24.4 Å². The first-order chi connectivity index (χ1) is 8.60. The standard InChI is InChI=1S/C12H12ClFN2O2/c13-4-3-12(18)16-10-6-9-7(5-8(10)14)1-2-11(17)15-9/h5-6H,1-4H2,(H,15,17)(H,16,18). The summed E-state index contributed by atoms with van der Waals surface area (Å²) >= 11 is 5.43. The second kappa shape index (κ2) is 5.35. The molecule has 0 atom stereocenters. The number of hydrogen-bond acceptors (Lipinski definition) is 2. The molecule has 4 nitrogen and oxygen atoms in total. The van der Waals surface area contributed by atoms with Crippen LogP contribution in [0.1, 0.15) is 18.4 Å². The van der Waals surface area contributed by atoms with Crippen molar-refractivity contribution in [1.29, 1.82) is 0 Å². The van der Waals surface area contributed by atoms with E-state index in [0.717, 1.165) is 5.56 Å². The Bertz CT molecular complexity index is 505. The van der Waals surface area contributed by atoms with E-state index < -0.39 is 5.82 Å². The smallest absolute Gasteiger partial charge is 0.225 e. The molecule has 1 aliphatic rings. The molecule has 0 saturated heterocycles. The summed E-state index contributed by atoms with van der Waals surface area (Å²) in [6, 6.07) is 2.78. The van der Waals surface area contributed by atoms with Crippen LogP contribution >= 0.6 is 11.6 Å².